The van der Waals surface area contributed by atoms with Crippen LogP contribution in [0.3, 0.4) is 0 Å². The highest BCUT2D eigenvalue weighted by Crippen LogP contribution is 2.42. The molecule has 27 heavy (non-hydrogen) atoms. The normalized spacial score (nSPS) is 15.1. The molecular weight excluding hydrogens is 366 g/mol. The number of carbonyl (C=O) groups excluding carboxylic acids is 2. The Bertz CT molecular complexity index is 858. The van der Waals surface area contributed by atoms with Crippen LogP contribution in [0.25, 0.3) is 10.1 Å². The highest BCUT2D eigenvalue weighted by molar-refractivity contribution is 7.21. The second-order valence-electron chi connectivity index (χ2n) is 6.68. The summed E-state index contributed by atoms with van der Waals surface area (Å²) in [7, 11) is 0. The molecule has 0 unspecified atom stereocenters. The lowest BCUT2D eigenvalue weighted by Crippen LogP contribution is -2.39. The zero-order chi connectivity index (χ0) is 19.6. The minimum Gasteiger partial charge on any atom is -0.491 e. The van der Waals surface area contributed by atoms with E-state index >= 15 is 0 Å². The molecule has 7 N–H and O–H groups in total. The van der Waals surface area contributed by atoms with Crippen LogP contribution in [0, 0.1) is 0 Å². The lowest BCUT2D eigenvalue weighted by molar-refractivity contribution is -0.119. The van der Waals surface area contributed by atoms with Gasteiger partial charge in [0.15, 0.2) is 0 Å². The van der Waals surface area contributed by atoms with E-state index in [1.807, 2.05) is 12.1 Å². The third kappa shape index (κ3) is 4.25. The molecule has 1 aromatic carbocycles. The number of fused-ring (bicyclic) bond motifs is 1. The van der Waals surface area contributed by atoms with Gasteiger partial charge in [-0.3, -0.25) is 9.59 Å². The van der Waals surface area contributed by atoms with E-state index in [1.165, 1.54) is 18.3 Å². The first-order valence-electron chi connectivity index (χ1n) is 8.90. The van der Waals surface area contributed by atoms with E-state index in [-0.39, 0.29) is 11.9 Å². The van der Waals surface area contributed by atoms with Gasteiger partial charge >= 0.3 is 0 Å². The van der Waals surface area contributed by atoms with Gasteiger partial charge in [-0.15, -0.1) is 11.3 Å². The number of ether oxygens (including phenoxy) is 1. The van der Waals surface area contributed by atoms with Crippen LogP contribution in [-0.4, -0.2) is 44.1 Å². The Morgan fingerprint density at radius 3 is 2.67 bits per heavy atom. The monoisotopic (exact) mass is 391 g/mol. The second-order valence-corrected chi connectivity index (χ2v) is 7.73. The number of rotatable bonds is 6. The zero-order valence-corrected chi connectivity index (χ0v) is 16.1. The van der Waals surface area contributed by atoms with Gasteiger partial charge in [0, 0.05) is 42.5 Å². The summed E-state index contributed by atoms with van der Waals surface area (Å²) in [6.07, 6.45) is 1.85. The van der Waals surface area contributed by atoms with E-state index in [4.69, 9.17) is 21.9 Å². The molecule has 146 valence electrons. The van der Waals surface area contributed by atoms with Gasteiger partial charge in [-0.2, -0.15) is 0 Å². The van der Waals surface area contributed by atoms with Crippen LogP contribution in [0.15, 0.2) is 12.1 Å². The molecule has 1 aliphatic rings. The fourth-order valence-corrected chi connectivity index (χ4v) is 4.25. The smallest absolute Gasteiger partial charge is 0.260 e. The SMILES string of the molecule is CC(=O)NCCOc1cc(N2CCC(N)CC2)cc2sc(C(N)=O)c(N)c12. The van der Waals surface area contributed by atoms with Gasteiger partial charge in [0.25, 0.3) is 5.91 Å². The fraction of sp³-hybridized carbons (Fsp3) is 0.444. The molecule has 0 saturated carbocycles. The molecule has 2 amide bonds. The van der Waals surface area contributed by atoms with Crippen LogP contribution in [0.1, 0.15) is 29.4 Å². The summed E-state index contributed by atoms with van der Waals surface area (Å²) >= 11 is 1.27. The molecule has 0 aliphatic carbocycles. The van der Waals surface area contributed by atoms with Crippen molar-refractivity contribution in [2.24, 2.45) is 11.5 Å². The van der Waals surface area contributed by atoms with Crippen molar-refractivity contribution in [2.75, 3.05) is 36.9 Å². The lowest BCUT2D eigenvalue weighted by atomic mass is 10.0. The number of nitrogens with zero attached hydrogens (tertiary/aromatic N) is 1. The largest absolute Gasteiger partial charge is 0.491 e. The van der Waals surface area contributed by atoms with E-state index in [1.54, 1.807) is 0 Å². The van der Waals surface area contributed by atoms with Gasteiger partial charge < -0.3 is 32.2 Å². The molecular formula is C18H25N5O3S. The Morgan fingerprint density at radius 2 is 2.04 bits per heavy atom. The molecule has 0 spiro atoms. The molecule has 2 heterocycles. The number of piperidine rings is 1. The third-order valence-corrected chi connectivity index (χ3v) is 5.81. The molecule has 2 aromatic rings. The van der Waals surface area contributed by atoms with Crippen molar-refractivity contribution >= 4 is 44.6 Å². The average molecular weight is 391 g/mol. The number of nitrogens with one attached hydrogen (secondary N) is 1. The maximum absolute atomic E-state index is 11.7. The Morgan fingerprint density at radius 1 is 1.33 bits per heavy atom. The number of nitrogen functional groups attached to an aromatic ring is 1. The Hall–Kier alpha value is -2.52. The highest BCUT2D eigenvalue weighted by atomic mass is 32.1. The van der Waals surface area contributed by atoms with E-state index < -0.39 is 5.91 Å². The van der Waals surface area contributed by atoms with E-state index in [2.05, 4.69) is 10.2 Å². The molecule has 8 nitrogen and oxygen atoms in total. The van der Waals surface area contributed by atoms with Crippen molar-refractivity contribution in [3.05, 3.63) is 17.0 Å². The summed E-state index contributed by atoms with van der Waals surface area (Å²) < 4.78 is 6.75. The molecule has 0 radical (unpaired) electrons. The molecule has 0 bridgehead atoms. The summed E-state index contributed by atoms with van der Waals surface area (Å²) in [5.74, 6) is -0.0828. The fourth-order valence-electron chi connectivity index (χ4n) is 3.23. The lowest BCUT2D eigenvalue weighted by Gasteiger charge is -2.32. The number of anilines is 2. The van der Waals surface area contributed by atoms with E-state index in [9.17, 15) is 9.59 Å². The molecule has 1 saturated heterocycles. The zero-order valence-electron chi connectivity index (χ0n) is 15.3. The number of thiophene rings is 1. The van der Waals surface area contributed by atoms with Gasteiger partial charge in [0.2, 0.25) is 5.91 Å². The maximum atomic E-state index is 11.7. The van der Waals surface area contributed by atoms with Gasteiger partial charge in [-0.05, 0) is 18.9 Å². The van der Waals surface area contributed by atoms with E-state index in [0.29, 0.717) is 34.9 Å². The van der Waals surface area contributed by atoms with Gasteiger partial charge in [0.05, 0.1) is 17.6 Å². The molecule has 1 aromatic heterocycles. The predicted molar refractivity (Wildman–Crippen MR) is 108 cm³/mol. The van der Waals surface area contributed by atoms with Crippen LogP contribution in [0.2, 0.25) is 0 Å². The first-order chi connectivity index (χ1) is 12.9. The second kappa shape index (κ2) is 8.01. The number of nitrogens with two attached hydrogens (primary N) is 3. The minimum absolute atomic E-state index is 0.117. The first-order valence-corrected chi connectivity index (χ1v) is 9.72. The highest BCUT2D eigenvalue weighted by Gasteiger charge is 2.22. The molecule has 1 aliphatic heterocycles. The Labute approximate surface area is 161 Å². The van der Waals surface area contributed by atoms with Crippen molar-refractivity contribution in [1.82, 2.24) is 5.32 Å². The van der Waals surface area contributed by atoms with Crippen LogP contribution in [0.4, 0.5) is 11.4 Å². The number of hydrogen-bond acceptors (Lipinski definition) is 7. The quantitative estimate of drug-likeness (QED) is 0.543. The summed E-state index contributed by atoms with van der Waals surface area (Å²) in [5.41, 5.74) is 19.0. The maximum Gasteiger partial charge on any atom is 0.260 e. The predicted octanol–water partition coefficient (Wildman–Crippen LogP) is 1.02. The van der Waals surface area contributed by atoms with Crippen molar-refractivity contribution in [1.29, 1.82) is 0 Å². The summed E-state index contributed by atoms with van der Waals surface area (Å²) in [6, 6.07) is 4.18. The summed E-state index contributed by atoms with van der Waals surface area (Å²) in [6.45, 7) is 3.86. The molecule has 1 fully saturated rings. The van der Waals surface area contributed by atoms with Crippen molar-refractivity contribution < 1.29 is 14.3 Å². The van der Waals surface area contributed by atoms with Crippen molar-refractivity contribution in [3.8, 4) is 5.75 Å². The van der Waals surface area contributed by atoms with Crippen LogP contribution in [-0.2, 0) is 4.79 Å². The van der Waals surface area contributed by atoms with Crippen LogP contribution in [0.5, 0.6) is 5.75 Å². The Kier molecular flexibility index (Phi) is 5.71. The summed E-state index contributed by atoms with van der Waals surface area (Å²) in [4.78, 5) is 25.3. The minimum atomic E-state index is -0.552. The molecule has 9 heteroatoms. The third-order valence-electron chi connectivity index (χ3n) is 4.64. The number of carbonyl (C=O) groups is 2. The van der Waals surface area contributed by atoms with Gasteiger partial charge in [0.1, 0.15) is 17.2 Å². The number of amides is 2. The van der Waals surface area contributed by atoms with Crippen LogP contribution >= 0.6 is 11.3 Å². The Balaban J connectivity index is 1.95. The van der Waals surface area contributed by atoms with Gasteiger partial charge in [-0.1, -0.05) is 0 Å². The van der Waals surface area contributed by atoms with Crippen molar-refractivity contribution in [2.45, 2.75) is 25.8 Å². The standard InChI is InChI=1S/C18H25N5O3S/c1-10(24)22-4-7-26-13-8-12(23-5-2-11(19)3-6-23)9-14-15(13)16(20)17(27-14)18(21)25/h8-9,11H,2-7,19-20H2,1H3,(H2,21,25)(H,22,24). The number of benzene rings is 1. The van der Waals surface area contributed by atoms with Crippen LogP contribution < -0.4 is 32.2 Å². The topological polar surface area (TPSA) is 137 Å². The molecule has 0 atom stereocenters. The number of hydrogen-bond donors (Lipinski definition) is 4. The van der Waals surface area contributed by atoms with Gasteiger partial charge in [-0.25, -0.2) is 0 Å². The van der Waals surface area contributed by atoms with E-state index in [0.717, 1.165) is 36.3 Å². The average Bonchev–Trinajstić information content (AvgIpc) is 2.96. The summed E-state index contributed by atoms with van der Waals surface area (Å²) in [5, 5.41) is 3.38. The number of primary amides is 1. The molecule has 3 rings (SSSR count). The first kappa shape index (κ1) is 19.2. The van der Waals surface area contributed by atoms with Crippen molar-refractivity contribution in [3.63, 3.8) is 0 Å².